The van der Waals surface area contributed by atoms with Gasteiger partial charge in [0.2, 0.25) is 0 Å². The summed E-state index contributed by atoms with van der Waals surface area (Å²) in [5, 5.41) is 6.81. The first kappa shape index (κ1) is 20.1. The third-order valence-corrected chi connectivity index (χ3v) is 4.49. The summed E-state index contributed by atoms with van der Waals surface area (Å²) < 4.78 is 24.5. The maximum atomic E-state index is 12.3. The molecule has 0 aliphatic carbocycles. The summed E-state index contributed by atoms with van der Waals surface area (Å²) >= 11 is 5.80. The molecule has 0 bridgehead atoms. The van der Waals surface area contributed by atoms with Crippen LogP contribution in [-0.4, -0.2) is 36.0 Å². The van der Waals surface area contributed by atoms with Crippen molar-refractivity contribution >= 4 is 34.8 Å². The number of quaternary nitrogens is 1. The van der Waals surface area contributed by atoms with Gasteiger partial charge in [-0.3, -0.25) is 0 Å². The van der Waals surface area contributed by atoms with Gasteiger partial charge in [0.05, 0.1) is 25.2 Å². The zero-order valence-corrected chi connectivity index (χ0v) is 15.7. The van der Waals surface area contributed by atoms with E-state index in [1.54, 1.807) is 24.3 Å². The maximum absolute atomic E-state index is 12.3. The molecule has 1 aromatic rings. The number of hydrogen-bond acceptors (Lipinski definition) is 2. The van der Waals surface area contributed by atoms with Gasteiger partial charge in [-0.05, 0) is 64.2 Å². The fourth-order valence-electron chi connectivity index (χ4n) is 2.46. The van der Waals surface area contributed by atoms with Crippen molar-refractivity contribution in [1.82, 2.24) is 5.32 Å². The predicted octanol–water partition coefficient (Wildman–Crippen LogP) is 2.99. The second kappa shape index (κ2) is 10.1. The molecule has 0 unspecified atom stereocenters. The number of hydrogen-bond donors (Lipinski definition) is 3. The van der Waals surface area contributed by atoms with Crippen LogP contribution in [-0.2, 0) is 0 Å². The minimum absolute atomic E-state index is 0.536. The molecule has 3 N–H and O–H groups in total. The van der Waals surface area contributed by atoms with Crippen LogP contribution in [0.5, 0.6) is 0 Å². The molecule has 0 heterocycles. The van der Waals surface area contributed by atoms with Crippen LogP contribution in [0.1, 0.15) is 27.7 Å². The molecular weight excluding hydrogens is 336 g/mol. The molecule has 0 saturated carbocycles. The van der Waals surface area contributed by atoms with E-state index in [1.807, 2.05) is 0 Å². The van der Waals surface area contributed by atoms with Crippen molar-refractivity contribution in [2.75, 3.05) is 18.4 Å². The van der Waals surface area contributed by atoms with Crippen LogP contribution in [0.3, 0.4) is 0 Å². The van der Waals surface area contributed by atoms with Gasteiger partial charge in [-0.2, -0.15) is 8.78 Å². The van der Waals surface area contributed by atoms with E-state index in [0.717, 1.165) is 18.8 Å². The Balaban J connectivity index is 2.39. The van der Waals surface area contributed by atoms with Crippen LogP contribution in [0.25, 0.3) is 0 Å². The lowest BCUT2D eigenvalue weighted by atomic mass is 10.2. The molecular formula is C16H26F2N3S2+. The van der Waals surface area contributed by atoms with Crippen molar-refractivity contribution in [1.29, 1.82) is 0 Å². The van der Waals surface area contributed by atoms with Crippen LogP contribution < -0.4 is 15.5 Å². The van der Waals surface area contributed by atoms with E-state index in [-0.39, 0.29) is 0 Å². The summed E-state index contributed by atoms with van der Waals surface area (Å²) in [6, 6.07) is 7.95. The molecule has 23 heavy (non-hydrogen) atoms. The summed E-state index contributed by atoms with van der Waals surface area (Å²) in [6.07, 6.45) is 0. The van der Waals surface area contributed by atoms with E-state index >= 15 is 0 Å². The van der Waals surface area contributed by atoms with Crippen molar-refractivity contribution in [2.45, 2.75) is 50.4 Å². The molecule has 130 valence electrons. The van der Waals surface area contributed by atoms with Crippen molar-refractivity contribution in [3.8, 4) is 0 Å². The first-order valence-electron chi connectivity index (χ1n) is 7.75. The van der Waals surface area contributed by atoms with Crippen LogP contribution in [0.15, 0.2) is 29.2 Å². The molecule has 0 fully saturated rings. The average Bonchev–Trinajstić information content (AvgIpc) is 2.44. The second-order valence-electron chi connectivity index (χ2n) is 5.92. The fourth-order valence-corrected chi connectivity index (χ4v) is 3.18. The van der Waals surface area contributed by atoms with Gasteiger partial charge in [-0.15, -0.1) is 0 Å². The third-order valence-electron chi connectivity index (χ3n) is 3.52. The summed E-state index contributed by atoms with van der Waals surface area (Å²) in [6.45, 7) is 10.6. The van der Waals surface area contributed by atoms with Gasteiger partial charge in [0, 0.05) is 10.6 Å². The van der Waals surface area contributed by atoms with E-state index in [0.29, 0.717) is 33.9 Å². The minimum Gasteiger partial charge on any atom is -0.357 e. The van der Waals surface area contributed by atoms with E-state index in [2.05, 4.69) is 38.3 Å². The van der Waals surface area contributed by atoms with E-state index < -0.39 is 5.76 Å². The molecule has 0 radical (unpaired) electrons. The molecule has 0 atom stereocenters. The zero-order valence-electron chi connectivity index (χ0n) is 14.0. The van der Waals surface area contributed by atoms with Gasteiger partial charge in [0.1, 0.15) is 0 Å². The van der Waals surface area contributed by atoms with Gasteiger partial charge in [-0.1, -0.05) is 11.8 Å². The smallest absolute Gasteiger partial charge is 0.288 e. The summed E-state index contributed by atoms with van der Waals surface area (Å²) in [5.74, 6) is -2.40. The molecule has 1 aromatic carbocycles. The Hall–Kier alpha value is -0.920. The topological polar surface area (TPSA) is 28.5 Å². The molecule has 0 saturated heterocycles. The average molecular weight is 363 g/mol. The third kappa shape index (κ3) is 7.94. The summed E-state index contributed by atoms with van der Waals surface area (Å²) in [5.41, 5.74) is 0.790. The minimum atomic E-state index is -2.40. The Morgan fingerprint density at radius 2 is 1.70 bits per heavy atom. The van der Waals surface area contributed by atoms with Crippen molar-refractivity contribution in [3.63, 3.8) is 0 Å². The highest BCUT2D eigenvalue weighted by atomic mass is 32.2. The lowest BCUT2D eigenvalue weighted by Crippen LogP contribution is -3.18. The van der Waals surface area contributed by atoms with Crippen molar-refractivity contribution in [3.05, 3.63) is 24.3 Å². The van der Waals surface area contributed by atoms with Gasteiger partial charge >= 0.3 is 0 Å². The molecule has 0 aromatic heterocycles. The van der Waals surface area contributed by atoms with Crippen LogP contribution in [0, 0.1) is 0 Å². The summed E-state index contributed by atoms with van der Waals surface area (Å²) in [4.78, 5) is 2.06. The molecule has 3 nitrogen and oxygen atoms in total. The Bertz CT molecular complexity index is 471. The largest absolute Gasteiger partial charge is 0.357 e. The molecule has 7 heteroatoms. The number of rotatable bonds is 8. The number of benzene rings is 1. The molecule has 0 aliphatic heterocycles. The zero-order chi connectivity index (χ0) is 17.4. The van der Waals surface area contributed by atoms with Crippen molar-refractivity contribution < 1.29 is 13.7 Å². The predicted molar refractivity (Wildman–Crippen MR) is 98.6 cm³/mol. The number of halogens is 2. The standard InChI is InChI=1S/C16H25F2N3S2/c1-11(2)21(12(3)4)10-9-19-16(22)20-13-5-7-14(8-6-13)23-15(17)18/h5-8,11-12,15H,9-10H2,1-4H3,(H2,19,20,22)/p+1. The van der Waals surface area contributed by atoms with Crippen LogP contribution in [0.4, 0.5) is 14.5 Å². The summed E-state index contributed by atoms with van der Waals surface area (Å²) in [7, 11) is 0. The van der Waals surface area contributed by atoms with Gasteiger partial charge in [0.25, 0.3) is 5.76 Å². The highest BCUT2D eigenvalue weighted by Gasteiger charge is 2.16. The fraction of sp³-hybridized carbons (Fsp3) is 0.562. The SMILES string of the molecule is CC(C)[NH+](CCNC(=S)Nc1ccc(SC(F)F)cc1)C(C)C. The normalized spacial score (nSPS) is 11.6. The lowest BCUT2D eigenvalue weighted by Gasteiger charge is -2.27. The number of thioether (sulfide) groups is 1. The second-order valence-corrected chi connectivity index (χ2v) is 7.39. The Kier molecular flexibility index (Phi) is 8.79. The molecule has 0 spiro atoms. The quantitative estimate of drug-likeness (QED) is 0.490. The Labute approximate surface area is 147 Å². The van der Waals surface area contributed by atoms with Gasteiger partial charge in [0.15, 0.2) is 5.11 Å². The molecule has 1 rings (SSSR count). The van der Waals surface area contributed by atoms with E-state index in [1.165, 1.54) is 4.90 Å². The number of thiocarbonyl (C=S) groups is 1. The van der Waals surface area contributed by atoms with Crippen molar-refractivity contribution in [2.24, 2.45) is 0 Å². The van der Waals surface area contributed by atoms with Gasteiger partial charge < -0.3 is 15.5 Å². The maximum Gasteiger partial charge on any atom is 0.288 e. The first-order valence-corrected chi connectivity index (χ1v) is 9.03. The van der Waals surface area contributed by atoms with E-state index in [4.69, 9.17) is 12.2 Å². The van der Waals surface area contributed by atoms with Crippen LogP contribution in [0.2, 0.25) is 0 Å². The number of anilines is 1. The Morgan fingerprint density at radius 1 is 1.13 bits per heavy atom. The van der Waals surface area contributed by atoms with Crippen LogP contribution >= 0.6 is 24.0 Å². The highest BCUT2D eigenvalue weighted by Crippen LogP contribution is 2.26. The monoisotopic (exact) mass is 362 g/mol. The molecule has 0 aliphatic rings. The highest BCUT2D eigenvalue weighted by molar-refractivity contribution is 7.99. The lowest BCUT2D eigenvalue weighted by molar-refractivity contribution is -0.941. The molecule has 0 amide bonds. The Morgan fingerprint density at radius 3 is 2.17 bits per heavy atom. The van der Waals surface area contributed by atoms with Gasteiger partial charge in [-0.25, -0.2) is 0 Å². The number of alkyl halides is 2. The van der Waals surface area contributed by atoms with E-state index in [9.17, 15) is 8.78 Å². The number of nitrogens with one attached hydrogen (secondary N) is 3. The first-order chi connectivity index (χ1) is 10.8.